The fourth-order valence-electron chi connectivity index (χ4n) is 1.05. The van der Waals surface area contributed by atoms with Gasteiger partial charge in [-0.1, -0.05) is 13.3 Å². The minimum atomic E-state index is -1.10. The quantitative estimate of drug-likeness (QED) is 0.691. The van der Waals surface area contributed by atoms with Crippen LogP contribution in [0.3, 0.4) is 0 Å². The van der Waals surface area contributed by atoms with Crippen LogP contribution in [0.1, 0.15) is 30.3 Å². The van der Waals surface area contributed by atoms with Crippen molar-refractivity contribution in [3.05, 3.63) is 18.1 Å². The maximum absolute atomic E-state index is 10.5. The Morgan fingerprint density at radius 2 is 2.12 bits per heavy atom. The zero-order valence-corrected chi connectivity index (χ0v) is 9.76. The highest BCUT2D eigenvalue weighted by atomic mass is 16.5. The van der Waals surface area contributed by atoms with E-state index in [9.17, 15) is 4.79 Å². The van der Waals surface area contributed by atoms with Crippen molar-refractivity contribution in [1.82, 2.24) is 9.97 Å². The number of ether oxygens (including phenoxy) is 2. The number of hydrogen-bond donors (Lipinski definition) is 1. The fourth-order valence-corrected chi connectivity index (χ4v) is 1.05. The average Bonchev–Trinajstić information content (AvgIpc) is 2.34. The summed E-state index contributed by atoms with van der Waals surface area (Å²) in [5.41, 5.74) is -0.100. The van der Waals surface area contributed by atoms with Crippen LogP contribution in [0.4, 0.5) is 0 Å². The lowest BCUT2D eigenvalue weighted by atomic mass is 10.4. The molecule has 17 heavy (non-hydrogen) atoms. The molecule has 1 rings (SSSR count). The Morgan fingerprint density at radius 1 is 1.29 bits per heavy atom. The smallest absolute Gasteiger partial charge is 0.356 e. The topological polar surface area (TPSA) is 81.5 Å². The molecule has 0 unspecified atom stereocenters. The molecule has 0 radical (unpaired) electrons. The molecular formula is C11H16N2O4. The molecular weight excluding hydrogens is 224 g/mol. The molecule has 94 valence electrons. The molecule has 0 aliphatic rings. The van der Waals surface area contributed by atoms with Gasteiger partial charge in [0.15, 0.2) is 5.69 Å². The summed E-state index contributed by atoms with van der Waals surface area (Å²) in [6.07, 6.45) is 4.58. The van der Waals surface area contributed by atoms with Gasteiger partial charge in [-0.15, -0.1) is 0 Å². The van der Waals surface area contributed by atoms with Gasteiger partial charge in [0.25, 0.3) is 0 Å². The summed E-state index contributed by atoms with van der Waals surface area (Å²) in [4.78, 5) is 18.0. The highest BCUT2D eigenvalue weighted by molar-refractivity contribution is 5.84. The van der Waals surface area contributed by atoms with Crippen molar-refractivity contribution < 1.29 is 19.4 Å². The normalized spacial score (nSPS) is 10.2. The molecule has 6 heteroatoms. The van der Waals surface area contributed by atoms with E-state index in [0.29, 0.717) is 19.1 Å². The van der Waals surface area contributed by atoms with Gasteiger partial charge in [0.1, 0.15) is 6.61 Å². The van der Waals surface area contributed by atoms with Gasteiger partial charge in [-0.3, -0.25) is 0 Å². The molecule has 0 bridgehead atoms. The lowest BCUT2D eigenvalue weighted by molar-refractivity contribution is 0.0689. The van der Waals surface area contributed by atoms with Crippen LogP contribution in [0.2, 0.25) is 0 Å². The maximum atomic E-state index is 10.5. The van der Waals surface area contributed by atoms with Crippen LogP contribution >= 0.6 is 0 Å². The Kier molecular flexibility index (Phi) is 5.95. The Labute approximate surface area is 99.6 Å². The van der Waals surface area contributed by atoms with Gasteiger partial charge in [-0.2, -0.15) is 0 Å². The Balaban J connectivity index is 2.21. The SMILES string of the molecule is CCCCOCCOc1cnc(C(=O)O)cn1. The van der Waals surface area contributed by atoms with Crippen molar-refractivity contribution in [2.75, 3.05) is 19.8 Å². The second-order valence-electron chi connectivity index (χ2n) is 3.36. The molecule has 0 spiro atoms. The molecule has 0 atom stereocenters. The van der Waals surface area contributed by atoms with E-state index < -0.39 is 5.97 Å². The number of nitrogens with zero attached hydrogens (tertiary/aromatic N) is 2. The van der Waals surface area contributed by atoms with Crippen molar-refractivity contribution in [2.45, 2.75) is 19.8 Å². The Hall–Kier alpha value is -1.69. The summed E-state index contributed by atoms with van der Waals surface area (Å²) in [6, 6.07) is 0. The largest absolute Gasteiger partial charge is 0.476 e. The summed E-state index contributed by atoms with van der Waals surface area (Å²) >= 11 is 0. The van der Waals surface area contributed by atoms with E-state index in [4.69, 9.17) is 14.6 Å². The van der Waals surface area contributed by atoms with Crippen LogP contribution in [-0.2, 0) is 4.74 Å². The molecule has 0 fully saturated rings. The van der Waals surface area contributed by atoms with Crippen LogP contribution in [0.15, 0.2) is 12.4 Å². The first-order chi connectivity index (χ1) is 8.24. The fraction of sp³-hybridized carbons (Fsp3) is 0.545. The van der Waals surface area contributed by atoms with Crippen molar-refractivity contribution in [3.63, 3.8) is 0 Å². The molecule has 0 amide bonds. The minimum Gasteiger partial charge on any atom is -0.476 e. The molecule has 0 aliphatic heterocycles. The predicted octanol–water partition coefficient (Wildman–Crippen LogP) is 1.37. The lowest BCUT2D eigenvalue weighted by Crippen LogP contribution is -2.09. The third-order valence-corrected chi connectivity index (χ3v) is 1.97. The number of carboxylic acid groups (broad SMARTS) is 1. The summed E-state index contributed by atoms with van der Waals surface area (Å²) < 4.78 is 10.5. The van der Waals surface area contributed by atoms with E-state index in [0.717, 1.165) is 25.6 Å². The average molecular weight is 240 g/mol. The minimum absolute atomic E-state index is 0.100. The second kappa shape index (κ2) is 7.56. The first-order valence-electron chi connectivity index (χ1n) is 5.50. The predicted molar refractivity (Wildman–Crippen MR) is 60.2 cm³/mol. The number of hydrogen-bond acceptors (Lipinski definition) is 5. The third-order valence-electron chi connectivity index (χ3n) is 1.97. The molecule has 0 saturated carbocycles. The Morgan fingerprint density at radius 3 is 2.71 bits per heavy atom. The van der Waals surface area contributed by atoms with E-state index in [2.05, 4.69) is 16.9 Å². The highest BCUT2D eigenvalue weighted by Gasteiger charge is 2.04. The van der Waals surface area contributed by atoms with Crippen LogP contribution in [0, 0.1) is 0 Å². The van der Waals surface area contributed by atoms with Gasteiger partial charge in [-0.05, 0) is 6.42 Å². The number of carbonyl (C=O) groups is 1. The molecule has 0 aliphatic carbocycles. The third kappa shape index (κ3) is 5.26. The molecule has 1 aromatic rings. The van der Waals surface area contributed by atoms with E-state index in [-0.39, 0.29) is 5.69 Å². The Bertz CT molecular complexity index is 340. The van der Waals surface area contributed by atoms with Crippen molar-refractivity contribution >= 4 is 5.97 Å². The summed E-state index contributed by atoms with van der Waals surface area (Å²) in [5.74, 6) is -0.805. The van der Waals surface area contributed by atoms with Gasteiger partial charge >= 0.3 is 5.97 Å². The molecule has 0 aromatic carbocycles. The zero-order chi connectivity index (χ0) is 12.5. The monoisotopic (exact) mass is 240 g/mol. The standard InChI is InChI=1S/C11H16N2O4/c1-2-3-4-16-5-6-17-10-8-12-9(7-13-10)11(14)15/h7-8H,2-6H2,1H3,(H,14,15). The van der Waals surface area contributed by atoms with E-state index in [1.807, 2.05) is 0 Å². The van der Waals surface area contributed by atoms with Crippen molar-refractivity contribution in [1.29, 1.82) is 0 Å². The molecule has 0 saturated heterocycles. The van der Waals surface area contributed by atoms with E-state index in [1.165, 1.54) is 6.20 Å². The summed E-state index contributed by atoms with van der Waals surface area (Å²) in [7, 11) is 0. The van der Waals surface area contributed by atoms with Crippen molar-refractivity contribution in [2.24, 2.45) is 0 Å². The van der Waals surface area contributed by atoms with Gasteiger partial charge in [0.2, 0.25) is 5.88 Å². The van der Waals surface area contributed by atoms with Crippen LogP contribution < -0.4 is 4.74 Å². The lowest BCUT2D eigenvalue weighted by Gasteiger charge is -2.05. The van der Waals surface area contributed by atoms with Crippen LogP contribution in [0.25, 0.3) is 0 Å². The number of aromatic carboxylic acids is 1. The van der Waals surface area contributed by atoms with Crippen LogP contribution in [-0.4, -0.2) is 40.9 Å². The molecule has 1 aromatic heterocycles. The molecule has 1 heterocycles. The van der Waals surface area contributed by atoms with E-state index >= 15 is 0 Å². The first kappa shape index (κ1) is 13.4. The van der Waals surface area contributed by atoms with Crippen molar-refractivity contribution in [3.8, 4) is 5.88 Å². The molecule has 1 N–H and O–H groups in total. The second-order valence-corrected chi connectivity index (χ2v) is 3.36. The van der Waals surface area contributed by atoms with Gasteiger partial charge in [0, 0.05) is 6.61 Å². The number of carboxylic acids is 1. The maximum Gasteiger partial charge on any atom is 0.356 e. The van der Waals surface area contributed by atoms with Gasteiger partial charge in [-0.25, -0.2) is 14.8 Å². The summed E-state index contributed by atoms with van der Waals surface area (Å²) in [5, 5.41) is 8.61. The van der Waals surface area contributed by atoms with Gasteiger partial charge in [0.05, 0.1) is 19.0 Å². The summed E-state index contributed by atoms with van der Waals surface area (Å²) in [6.45, 7) is 3.69. The number of rotatable bonds is 8. The van der Waals surface area contributed by atoms with Crippen LogP contribution in [0.5, 0.6) is 5.88 Å². The molecule has 6 nitrogen and oxygen atoms in total. The van der Waals surface area contributed by atoms with E-state index in [1.54, 1.807) is 0 Å². The number of aromatic nitrogens is 2. The highest BCUT2D eigenvalue weighted by Crippen LogP contribution is 2.03. The number of unbranched alkanes of at least 4 members (excludes halogenated alkanes) is 1. The first-order valence-corrected chi connectivity index (χ1v) is 5.50. The van der Waals surface area contributed by atoms with Gasteiger partial charge < -0.3 is 14.6 Å². The zero-order valence-electron chi connectivity index (χ0n) is 9.76.